The molecule has 3 rings (SSSR count). The largest absolute Gasteiger partial charge is 0.416 e. The van der Waals surface area contributed by atoms with Gasteiger partial charge in [0.1, 0.15) is 0 Å². The molecule has 0 atom stereocenters. The average molecular weight is 426 g/mol. The summed E-state index contributed by atoms with van der Waals surface area (Å²) < 4.78 is 41.9. The lowest BCUT2D eigenvalue weighted by atomic mass is 10.1. The molecule has 29 heavy (non-hydrogen) atoms. The zero-order chi connectivity index (χ0) is 21.5. The highest BCUT2D eigenvalue weighted by atomic mass is 35.5. The van der Waals surface area contributed by atoms with Crippen LogP contribution >= 0.6 is 11.6 Å². The molecular formula is C19H19ClF3N5O. The molecule has 0 aliphatic rings. The number of halogens is 4. The highest BCUT2D eigenvalue weighted by molar-refractivity contribution is 6.34. The van der Waals surface area contributed by atoms with Gasteiger partial charge in [0, 0.05) is 7.05 Å². The second-order valence-electron chi connectivity index (χ2n) is 6.73. The molecule has 1 N–H and O–H groups in total. The molecule has 0 saturated heterocycles. The van der Waals surface area contributed by atoms with Crippen LogP contribution in [0.15, 0.2) is 24.3 Å². The molecular weight excluding hydrogens is 407 g/mol. The number of nitrogens with one attached hydrogen (secondary N) is 1. The predicted molar refractivity (Wildman–Crippen MR) is 103 cm³/mol. The minimum absolute atomic E-state index is 0.0936. The van der Waals surface area contributed by atoms with Crippen molar-refractivity contribution in [1.82, 2.24) is 19.6 Å². The standard InChI is InChI=1S/C19H19ClF3N5O/c1-10-16(24-18(29)17-15(20)11(2)27(4)26-17)12(3)28(25-10)9-13-6-5-7-14(8-13)19(21,22)23/h5-8H,9H2,1-4H3,(H,24,29). The van der Waals surface area contributed by atoms with E-state index in [1.807, 2.05) is 0 Å². The van der Waals surface area contributed by atoms with Gasteiger partial charge in [0.2, 0.25) is 0 Å². The minimum atomic E-state index is -4.41. The molecule has 0 bridgehead atoms. The van der Waals surface area contributed by atoms with E-state index < -0.39 is 17.6 Å². The second-order valence-corrected chi connectivity index (χ2v) is 7.11. The van der Waals surface area contributed by atoms with Gasteiger partial charge in [-0.1, -0.05) is 23.7 Å². The first kappa shape index (κ1) is 20.9. The number of anilines is 1. The maximum Gasteiger partial charge on any atom is 0.416 e. The van der Waals surface area contributed by atoms with E-state index in [0.717, 1.165) is 12.1 Å². The van der Waals surface area contributed by atoms with E-state index in [9.17, 15) is 18.0 Å². The van der Waals surface area contributed by atoms with Gasteiger partial charge in [0.25, 0.3) is 5.91 Å². The number of rotatable bonds is 4. The Kier molecular flexibility index (Phi) is 5.44. The van der Waals surface area contributed by atoms with Crippen molar-refractivity contribution in [2.75, 3.05) is 5.32 Å². The van der Waals surface area contributed by atoms with Gasteiger partial charge in [-0.2, -0.15) is 23.4 Å². The normalized spacial score (nSPS) is 11.7. The van der Waals surface area contributed by atoms with Crippen LogP contribution in [0.4, 0.5) is 18.9 Å². The van der Waals surface area contributed by atoms with Gasteiger partial charge in [-0.25, -0.2) is 0 Å². The van der Waals surface area contributed by atoms with Crippen LogP contribution in [-0.4, -0.2) is 25.5 Å². The second kappa shape index (κ2) is 7.55. The van der Waals surface area contributed by atoms with Crippen LogP contribution in [0.1, 0.15) is 38.7 Å². The Bertz CT molecular complexity index is 1080. The zero-order valence-corrected chi connectivity index (χ0v) is 17.0. The molecule has 1 aromatic carbocycles. The fourth-order valence-electron chi connectivity index (χ4n) is 2.95. The number of amides is 1. The van der Waals surface area contributed by atoms with Crippen molar-refractivity contribution >= 4 is 23.2 Å². The van der Waals surface area contributed by atoms with E-state index in [0.29, 0.717) is 28.3 Å². The van der Waals surface area contributed by atoms with Crippen molar-refractivity contribution in [2.24, 2.45) is 7.05 Å². The maximum absolute atomic E-state index is 12.9. The average Bonchev–Trinajstić information content (AvgIpc) is 3.06. The van der Waals surface area contributed by atoms with Gasteiger partial charge < -0.3 is 5.32 Å². The number of benzene rings is 1. The first-order chi connectivity index (χ1) is 13.5. The molecule has 0 unspecified atom stereocenters. The third-order valence-corrected chi connectivity index (χ3v) is 5.14. The van der Waals surface area contributed by atoms with Gasteiger partial charge in [-0.3, -0.25) is 14.2 Å². The Labute approximate surface area is 170 Å². The number of aryl methyl sites for hydroxylation is 2. The van der Waals surface area contributed by atoms with Gasteiger partial charge in [-0.05, 0) is 38.5 Å². The smallest absolute Gasteiger partial charge is 0.317 e. The van der Waals surface area contributed by atoms with Crippen LogP contribution < -0.4 is 5.32 Å². The van der Waals surface area contributed by atoms with Crippen LogP contribution in [0.25, 0.3) is 0 Å². The lowest BCUT2D eigenvalue weighted by molar-refractivity contribution is -0.137. The Morgan fingerprint density at radius 1 is 1.17 bits per heavy atom. The Balaban J connectivity index is 1.85. The fourth-order valence-corrected chi connectivity index (χ4v) is 3.20. The molecule has 2 heterocycles. The number of nitrogens with zero attached hydrogens (tertiary/aromatic N) is 4. The first-order valence-corrected chi connectivity index (χ1v) is 9.07. The van der Waals surface area contributed by atoms with Crippen LogP contribution in [0, 0.1) is 20.8 Å². The summed E-state index contributed by atoms with van der Waals surface area (Å²) in [5.41, 5.74) is 2.10. The van der Waals surface area contributed by atoms with Crippen LogP contribution in [0.5, 0.6) is 0 Å². The van der Waals surface area contributed by atoms with E-state index in [4.69, 9.17) is 11.6 Å². The predicted octanol–water partition coefficient (Wildman–Crippen LogP) is 4.51. The minimum Gasteiger partial charge on any atom is -0.317 e. The summed E-state index contributed by atoms with van der Waals surface area (Å²) >= 11 is 6.16. The molecule has 10 heteroatoms. The van der Waals surface area contributed by atoms with Crippen molar-refractivity contribution in [3.05, 3.63) is 63.2 Å². The monoisotopic (exact) mass is 425 g/mol. The molecule has 0 aliphatic carbocycles. The van der Waals surface area contributed by atoms with Gasteiger partial charge in [0.15, 0.2) is 5.69 Å². The molecule has 0 aliphatic heterocycles. The Morgan fingerprint density at radius 3 is 2.45 bits per heavy atom. The summed E-state index contributed by atoms with van der Waals surface area (Å²) in [4.78, 5) is 12.6. The molecule has 1 amide bonds. The van der Waals surface area contributed by atoms with Crippen LogP contribution in [0.2, 0.25) is 5.02 Å². The fraction of sp³-hybridized carbons (Fsp3) is 0.316. The van der Waals surface area contributed by atoms with Crippen LogP contribution in [0.3, 0.4) is 0 Å². The Morgan fingerprint density at radius 2 is 1.86 bits per heavy atom. The summed E-state index contributed by atoms with van der Waals surface area (Å²) in [7, 11) is 1.68. The van der Waals surface area contributed by atoms with Crippen molar-refractivity contribution in [3.63, 3.8) is 0 Å². The summed E-state index contributed by atoms with van der Waals surface area (Å²) in [5.74, 6) is -0.483. The number of carbonyl (C=O) groups excluding carboxylic acids is 1. The molecule has 0 radical (unpaired) electrons. The zero-order valence-electron chi connectivity index (χ0n) is 16.2. The van der Waals surface area contributed by atoms with Crippen molar-refractivity contribution in [3.8, 4) is 0 Å². The molecule has 3 aromatic rings. The number of alkyl halides is 3. The Hall–Kier alpha value is -2.81. The maximum atomic E-state index is 12.9. The van der Waals surface area contributed by atoms with E-state index >= 15 is 0 Å². The third-order valence-electron chi connectivity index (χ3n) is 4.68. The van der Waals surface area contributed by atoms with Crippen molar-refractivity contribution < 1.29 is 18.0 Å². The molecule has 6 nitrogen and oxygen atoms in total. The molecule has 154 valence electrons. The number of hydrogen-bond donors (Lipinski definition) is 1. The molecule has 2 aromatic heterocycles. The summed E-state index contributed by atoms with van der Waals surface area (Å²) in [6, 6.07) is 5.07. The van der Waals surface area contributed by atoms with E-state index in [1.165, 1.54) is 10.7 Å². The summed E-state index contributed by atoms with van der Waals surface area (Å²) in [6.07, 6.45) is -4.41. The highest BCUT2D eigenvalue weighted by Crippen LogP contribution is 2.30. The van der Waals surface area contributed by atoms with Crippen molar-refractivity contribution in [1.29, 1.82) is 0 Å². The van der Waals surface area contributed by atoms with E-state index in [-0.39, 0.29) is 17.3 Å². The van der Waals surface area contributed by atoms with E-state index in [2.05, 4.69) is 15.5 Å². The topological polar surface area (TPSA) is 64.7 Å². The lowest BCUT2D eigenvalue weighted by Crippen LogP contribution is -2.15. The summed E-state index contributed by atoms with van der Waals surface area (Å²) in [6.45, 7) is 5.32. The number of carbonyl (C=O) groups is 1. The van der Waals surface area contributed by atoms with E-state index in [1.54, 1.807) is 38.6 Å². The third kappa shape index (κ3) is 4.14. The van der Waals surface area contributed by atoms with Crippen molar-refractivity contribution in [2.45, 2.75) is 33.5 Å². The molecule has 0 fully saturated rings. The summed E-state index contributed by atoms with van der Waals surface area (Å²) in [5, 5.41) is 11.5. The number of hydrogen-bond acceptors (Lipinski definition) is 3. The van der Waals surface area contributed by atoms with Gasteiger partial charge >= 0.3 is 6.18 Å². The number of aromatic nitrogens is 4. The van der Waals surface area contributed by atoms with Crippen LogP contribution in [-0.2, 0) is 19.8 Å². The first-order valence-electron chi connectivity index (χ1n) is 8.69. The lowest BCUT2D eigenvalue weighted by Gasteiger charge is -2.10. The SMILES string of the molecule is Cc1nn(Cc2cccc(C(F)(F)F)c2)c(C)c1NC(=O)c1nn(C)c(C)c1Cl. The quantitative estimate of drug-likeness (QED) is 0.668. The van der Waals surface area contributed by atoms with Gasteiger partial charge in [0.05, 0.1) is 39.9 Å². The van der Waals surface area contributed by atoms with Gasteiger partial charge in [-0.15, -0.1) is 0 Å². The molecule has 0 saturated carbocycles. The molecule has 0 spiro atoms. The highest BCUT2D eigenvalue weighted by Gasteiger charge is 2.30.